The molecule has 0 radical (unpaired) electrons. The zero-order chi connectivity index (χ0) is 33.9. The Hall–Kier alpha value is -5.98. The first-order valence-corrected chi connectivity index (χ1v) is 15.2. The predicted molar refractivity (Wildman–Crippen MR) is 190 cm³/mol. The van der Waals surface area contributed by atoms with E-state index in [1.54, 1.807) is 84.9 Å². The molecule has 0 fully saturated rings. The minimum atomic E-state index is -0.565. The minimum absolute atomic E-state index is 0.0526. The minimum Gasteiger partial charge on any atom is -0.504 e. The largest absolute Gasteiger partial charge is 0.504 e. The molecular weight excluding hydrogens is 649 g/mol. The zero-order valence-corrected chi connectivity index (χ0v) is 27.2. The molecular formula is C36H26N4O6S2. The summed E-state index contributed by atoms with van der Waals surface area (Å²) in [5.74, 6) is -0.333. The lowest BCUT2D eigenvalue weighted by molar-refractivity contribution is -0.121. The summed E-state index contributed by atoms with van der Waals surface area (Å²) >= 11 is 11.7. The van der Waals surface area contributed by atoms with Gasteiger partial charge in [0.1, 0.15) is 23.1 Å². The van der Waals surface area contributed by atoms with Gasteiger partial charge in [0.2, 0.25) is 0 Å². The number of methoxy groups -OCH3 is 2. The van der Waals surface area contributed by atoms with E-state index in [1.807, 2.05) is 12.1 Å². The average Bonchev–Trinajstić information content (AvgIpc) is 3.61. The number of phenolic OH excluding ortho intramolecular Hbond substituents is 2. The van der Waals surface area contributed by atoms with Crippen molar-refractivity contribution < 1.29 is 29.3 Å². The molecule has 0 spiro atoms. The zero-order valence-electron chi connectivity index (χ0n) is 25.5. The predicted octanol–water partition coefficient (Wildman–Crippen LogP) is 5.73. The Bertz CT molecular complexity index is 1960. The first kappa shape index (κ1) is 32.0. The second kappa shape index (κ2) is 13.4. The maximum absolute atomic E-state index is 14.0. The summed E-state index contributed by atoms with van der Waals surface area (Å²) in [5, 5.41) is 20.1. The van der Waals surface area contributed by atoms with Crippen LogP contribution in [0.5, 0.6) is 23.0 Å². The van der Waals surface area contributed by atoms with E-state index in [1.165, 1.54) is 36.2 Å². The molecule has 0 aromatic heterocycles. The van der Waals surface area contributed by atoms with Crippen molar-refractivity contribution in [3.63, 3.8) is 0 Å². The van der Waals surface area contributed by atoms with Gasteiger partial charge >= 0.3 is 0 Å². The number of thiocarbonyl (C=S) groups is 2. The fourth-order valence-electron chi connectivity index (χ4n) is 5.05. The Balaban J connectivity index is 1.40. The summed E-state index contributed by atoms with van der Waals surface area (Å²) in [7, 11) is 2.85. The maximum atomic E-state index is 14.0. The molecule has 48 heavy (non-hydrogen) atoms. The van der Waals surface area contributed by atoms with Crippen molar-refractivity contribution in [1.29, 1.82) is 0 Å². The average molecular weight is 675 g/mol. The van der Waals surface area contributed by atoms with E-state index in [0.717, 1.165) is 0 Å². The number of amides is 2. The summed E-state index contributed by atoms with van der Waals surface area (Å²) in [5.41, 5.74) is 2.39. The number of rotatable bonds is 6. The molecule has 2 aliphatic heterocycles. The van der Waals surface area contributed by atoms with Gasteiger partial charge in [0.25, 0.3) is 11.8 Å². The van der Waals surface area contributed by atoms with E-state index >= 15 is 0 Å². The molecule has 238 valence electrons. The molecule has 10 nitrogen and oxygen atoms in total. The van der Waals surface area contributed by atoms with E-state index in [2.05, 4.69) is 9.98 Å². The number of aliphatic imine (C=N–C) groups is 2. The summed E-state index contributed by atoms with van der Waals surface area (Å²) in [6.45, 7) is 0. The molecule has 2 heterocycles. The van der Waals surface area contributed by atoms with Gasteiger partial charge in [-0.15, -0.1) is 0 Å². The molecule has 2 aliphatic rings. The molecule has 0 saturated carbocycles. The lowest BCUT2D eigenvalue weighted by atomic mass is 10.1. The highest BCUT2D eigenvalue weighted by molar-refractivity contribution is 7.89. The first-order valence-electron chi connectivity index (χ1n) is 14.4. The van der Waals surface area contributed by atoms with Crippen LogP contribution in [-0.2, 0) is 9.59 Å². The van der Waals surface area contributed by atoms with Crippen LogP contribution in [0.3, 0.4) is 0 Å². The molecule has 0 bridgehead atoms. The Kier molecular flexibility index (Phi) is 8.93. The van der Waals surface area contributed by atoms with Gasteiger partial charge in [0.15, 0.2) is 33.0 Å². The fraction of sp³-hybridized carbons (Fsp3) is 0.0556. The molecule has 2 N–H and O–H groups in total. The van der Waals surface area contributed by atoms with Gasteiger partial charge < -0.3 is 19.7 Å². The van der Waals surface area contributed by atoms with Gasteiger partial charge in [0.05, 0.1) is 14.2 Å². The molecule has 2 amide bonds. The standard InChI is InChI=1S/C36H26N4O6S2/c1-45-29-19-21(13-15-27(29)41)17-25-33(43)39(31(37-25)23-9-5-3-6-10-23)35(47)36(48)40-32(24-11-7-4-8-12-24)38-26(34(40)44)18-22-14-16-28(42)30(20-22)46-2/h3-20,41-42H,1-2H3. The molecule has 6 rings (SSSR count). The van der Waals surface area contributed by atoms with Crippen molar-refractivity contribution in [2.45, 2.75) is 0 Å². The number of carbonyl (C=O) groups excluding carboxylic acids is 2. The number of ether oxygens (including phenoxy) is 2. The van der Waals surface area contributed by atoms with Gasteiger partial charge in [-0.2, -0.15) is 0 Å². The third-order valence-corrected chi connectivity index (χ3v) is 8.27. The van der Waals surface area contributed by atoms with Crippen LogP contribution in [0, 0.1) is 0 Å². The monoisotopic (exact) mass is 674 g/mol. The van der Waals surface area contributed by atoms with Crippen LogP contribution in [-0.4, -0.2) is 67.7 Å². The lowest BCUT2D eigenvalue weighted by Gasteiger charge is -2.25. The number of phenols is 2. The number of amidine groups is 2. The van der Waals surface area contributed by atoms with Gasteiger partial charge in [-0.1, -0.05) is 97.2 Å². The first-order chi connectivity index (χ1) is 23.2. The van der Waals surface area contributed by atoms with Crippen molar-refractivity contribution in [2.75, 3.05) is 14.2 Å². The highest BCUT2D eigenvalue weighted by atomic mass is 32.1. The Morgan fingerprint density at radius 1 is 0.625 bits per heavy atom. The third kappa shape index (κ3) is 6.09. The van der Waals surface area contributed by atoms with Crippen molar-refractivity contribution in [1.82, 2.24) is 9.80 Å². The Morgan fingerprint density at radius 3 is 1.35 bits per heavy atom. The normalized spacial score (nSPS) is 16.0. The lowest BCUT2D eigenvalue weighted by Crippen LogP contribution is -2.49. The summed E-state index contributed by atoms with van der Waals surface area (Å²) in [6, 6.07) is 27.3. The smallest absolute Gasteiger partial charge is 0.283 e. The van der Waals surface area contributed by atoms with E-state index in [9.17, 15) is 19.8 Å². The van der Waals surface area contributed by atoms with Crippen LogP contribution in [0.1, 0.15) is 22.3 Å². The number of nitrogens with zero attached hydrogens (tertiary/aromatic N) is 4. The number of carbonyl (C=O) groups is 2. The highest BCUT2D eigenvalue weighted by Gasteiger charge is 2.41. The molecule has 12 heteroatoms. The third-order valence-electron chi connectivity index (χ3n) is 7.39. The van der Waals surface area contributed by atoms with Crippen LogP contribution in [0.25, 0.3) is 12.2 Å². The van der Waals surface area contributed by atoms with E-state index in [4.69, 9.17) is 33.9 Å². The second-order valence-electron chi connectivity index (χ2n) is 10.4. The van der Waals surface area contributed by atoms with Gasteiger partial charge in [-0.25, -0.2) is 19.8 Å². The van der Waals surface area contributed by atoms with Crippen LogP contribution in [0.15, 0.2) is 118 Å². The molecule has 0 unspecified atom stereocenters. The van der Waals surface area contributed by atoms with E-state index < -0.39 is 11.8 Å². The van der Waals surface area contributed by atoms with Crippen LogP contribution in [0.4, 0.5) is 0 Å². The number of hydrogen-bond acceptors (Lipinski definition) is 10. The topological polar surface area (TPSA) is 124 Å². The van der Waals surface area contributed by atoms with Gasteiger partial charge in [-0.05, 0) is 47.5 Å². The van der Waals surface area contributed by atoms with Crippen molar-refractivity contribution in [3.8, 4) is 23.0 Å². The van der Waals surface area contributed by atoms with Crippen molar-refractivity contribution in [3.05, 3.63) is 131 Å². The van der Waals surface area contributed by atoms with Crippen LogP contribution < -0.4 is 9.47 Å². The Labute approximate surface area is 286 Å². The molecule has 0 atom stereocenters. The summed E-state index contributed by atoms with van der Waals surface area (Å²) in [4.78, 5) is 39.5. The quantitative estimate of drug-likeness (QED) is 0.196. The van der Waals surface area contributed by atoms with E-state index in [0.29, 0.717) is 22.3 Å². The molecule has 4 aromatic rings. The summed E-state index contributed by atoms with van der Waals surface area (Å²) in [6.07, 6.45) is 3.09. The van der Waals surface area contributed by atoms with E-state index in [-0.39, 0.29) is 56.0 Å². The molecule has 0 aliphatic carbocycles. The molecule has 4 aromatic carbocycles. The maximum Gasteiger partial charge on any atom is 0.283 e. The second-order valence-corrected chi connectivity index (χ2v) is 11.2. The van der Waals surface area contributed by atoms with Crippen molar-refractivity contribution in [2.24, 2.45) is 9.98 Å². The number of aromatic hydroxyl groups is 2. The molecule has 0 saturated heterocycles. The number of benzene rings is 4. The van der Waals surface area contributed by atoms with Gasteiger partial charge in [-0.3, -0.25) is 9.59 Å². The Morgan fingerprint density at radius 2 is 1.00 bits per heavy atom. The van der Waals surface area contributed by atoms with Gasteiger partial charge in [0, 0.05) is 11.1 Å². The van der Waals surface area contributed by atoms with Crippen molar-refractivity contribution >= 4 is 70.1 Å². The van der Waals surface area contributed by atoms with Crippen LogP contribution in [0.2, 0.25) is 0 Å². The highest BCUT2D eigenvalue weighted by Crippen LogP contribution is 2.32. The summed E-state index contributed by atoms with van der Waals surface area (Å²) < 4.78 is 10.4. The fourth-order valence-corrected chi connectivity index (χ4v) is 5.57. The van der Waals surface area contributed by atoms with Crippen LogP contribution >= 0.6 is 24.4 Å². The SMILES string of the molecule is COc1cc(C=C2N=C(c3ccccc3)N(C(=S)C(=S)N3C(=O)C(=Cc4ccc(O)c(OC)c4)N=C3c3ccccc3)C2=O)ccc1O. The number of hydrogen-bond donors (Lipinski definition) is 2.